The Balaban J connectivity index is 4.22. The van der Waals surface area contributed by atoms with Crippen molar-refractivity contribution in [2.75, 3.05) is 13.7 Å². The van der Waals surface area contributed by atoms with Gasteiger partial charge in [0.1, 0.15) is 0 Å². The minimum Gasteiger partial charge on any atom is -0.396 e. The van der Waals surface area contributed by atoms with Crippen molar-refractivity contribution in [3.8, 4) is 0 Å². The van der Waals surface area contributed by atoms with Crippen molar-refractivity contribution in [1.82, 2.24) is 0 Å². The molecule has 86 valence electrons. The van der Waals surface area contributed by atoms with Crippen molar-refractivity contribution >= 4 is 0 Å². The van der Waals surface area contributed by atoms with Gasteiger partial charge in [0.15, 0.2) is 0 Å². The summed E-state index contributed by atoms with van der Waals surface area (Å²) in [6.07, 6.45) is -1.90. The monoisotopic (exact) mass is 206 g/mol. The van der Waals surface area contributed by atoms with E-state index in [9.17, 15) is 10.2 Å². The molecule has 0 aliphatic rings. The van der Waals surface area contributed by atoms with Crippen LogP contribution in [0.15, 0.2) is 0 Å². The van der Waals surface area contributed by atoms with Gasteiger partial charge in [-0.3, -0.25) is 0 Å². The number of aliphatic hydroxyl groups excluding tert-OH is 3. The molecule has 0 rings (SSSR count). The first-order valence-corrected chi connectivity index (χ1v) is 4.95. The van der Waals surface area contributed by atoms with E-state index in [1.807, 2.05) is 13.8 Å². The van der Waals surface area contributed by atoms with E-state index < -0.39 is 12.2 Å². The van der Waals surface area contributed by atoms with Crippen LogP contribution in [0.1, 0.15) is 20.8 Å². The molecule has 0 aromatic heterocycles. The van der Waals surface area contributed by atoms with E-state index in [-0.39, 0.29) is 24.5 Å². The standard InChI is InChI=1S/C10H22O4/c1-6(5-11)9(12)10(13)7(2)8(3)14-4/h6-13H,5H2,1-4H3. The fourth-order valence-electron chi connectivity index (χ4n) is 1.25. The van der Waals surface area contributed by atoms with Crippen LogP contribution < -0.4 is 0 Å². The van der Waals surface area contributed by atoms with Gasteiger partial charge in [-0.2, -0.15) is 0 Å². The van der Waals surface area contributed by atoms with Crippen LogP contribution in [0, 0.1) is 11.8 Å². The molecule has 0 bridgehead atoms. The highest BCUT2D eigenvalue weighted by Gasteiger charge is 2.30. The summed E-state index contributed by atoms with van der Waals surface area (Å²) < 4.78 is 5.06. The Morgan fingerprint density at radius 3 is 1.93 bits per heavy atom. The Hall–Kier alpha value is -0.160. The molecule has 0 fully saturated rings. The summed E-state index contributed by atoms with van der Waals surface area (Å²) in [7, 11) is 1.57. The molecule has 0 spiro atoms. The first-order chi connectivity index (χ1) is 6.45. The highest BCUT2D eigenvalue weighted by Crippen LogP contribution is 2.18. The normalized spacial score (nSPS) is 22.5. The summed E-state index contributed by atoms with van der Waals surface area (Å²) in [4.78, 5) is 0. The highest BCUT2D eigenvalue weighted by molar-refractivity contribution is 4.79. The molecule has 4 heteroatoms. The molecule has 5 atom stereocenters. The van der Waals surface area contributed by atoms with Gasteiger partial charge in [0.05, 0.1) is 18.3 Å². The first-order valence-electron chi connectivity index (χ1n) is 4.95. The fourth-order valence-corrected chi connectivity index (χ4v) is 1.25. The summed E-state index contributed by atoms with van der Waals surface area (Å²) in [6.45, 7) is 5.21. The van der Waals surface area contributed by atoms with Crippen molar-refractivity contribution in [2.24, 2.45) is 11.8 Å². The number of ether oxygens (including phenoxy) is 1. The second-order valence-corrected chi connectivity index (χ2v) is 3.94. The highest BCUT2D eigenvalue weighted by atomic mass is 16.5. The van der Waals surface area contributed by atoms with Gasteiger partial charge in [-0.1, -0.05) is 13.8 Å². The van der Waals surface area contributed by atoms with Crippen LogP contribution in [-0.4, -0.2) is 47.3 Å². The van der Waals surface area contributed by atoms with Crippen LogP contribution in [0.25, 0.3) is 0 Å². The van der Waals surface area contributed by atoms with Gasteiger partial charge in [-0.15, -0.1) is 0 Å². The minimum absolute atomic E-state index is 0.120. The lowest BCUT2D eigenvalue weighted by Crippen LogP contribution is -2.42. The van der Waals surface area contributed by atoms with E-state index in [0.29, 0.717) is 0 Å². The van der Waals surface area contributed by atoms with E-state index in [1.54, 1.807) is 14.0 Å². The van der Waals surface area contributed by atoms with E-state index in [1.165, 1.54) is 0 Å². The zero-order valence-electron chi connectivity index (χ0n) is 9.34. The summed E-state index contributed by atoms with van der Waals surface area (Å²) in [5, 5.41) is 28.2. The summed E-state index contributed by atoms with van der Waals surface area (Å²) >= 11 is 0. The predicted molar refractivity (Wildman–Crippen MR) is 53.9 cm³/mol. The lowest BCUT2D eigenvalue weighted by atomic mass is 9.89. The number of hydrogen-bond acceptors (Lipinski definition) is 4. The van der Waals surface area contributed by atoms with Crippen LogP contribution in [0.5, 0.6) is 0 Å². The molecule has 0 saturated carbocycles. The van der Waals surface area contributed by atoms with E-state index in [2.05, 4.69) is 0 Å². The van der Waals surface area contributed by atoms with Crippen molar-refractivity contribution in [1.29, 1.82) is 0 Å². The van der Waals surface area contributed by atoms with Crippen molar-refractivity contribution < 1.29 is 20.1 Å². The van der Waals surface area contributed by atoms with E-state index >= 15 is 0 Å². The zero-order chi connectivity index (χ0) is 11.3. The SMILES string of the molecule is COC(C)C(C)C(O)C(O)C(C)CO. The molecule has 0 heterocycles. The number of aliphatic hydroxyl groups is 3. The Morgan fingerprint density at radius 1 is 1.07 bits per heavy atom. The fraction of sp³-hybridized carbons (Fsp3) is 1.00. The largest absolute Gasteiger partial charge is 0.396 e. The van der Waals surface area contributed by atoms with Gasteiger partial charge in [0, 0.05) is 25.6 Å². The van der Waals surface area contributed by atoms with Gasteiger partial charge >= 0.3 is 0 Å². The van der Waals surface area contributed by atoms with Gasteiger partial charge in [0.25, 0.3) is 0 Å². The van der Waals surface area contributed by atoms with Crippen molar-refractivity contribution in [3.05, 3.63) is 0 Å². The van der Waals surface area contributed by atoms with Crippen molar-refractivity contribution in [3.63, 3.8) is 0 Å². The smallest absolute Gasteiger partial charge is 0.0852 e. The molecular weight excluding hydrogens is 184 g/mol. The first kappa shape index (κ1) is 13.8. The maximum atomic E-state index is 9.75. The Bertz CT molecular complexity index is 135. The summed E-state index contributed by atoms with van der Waals surface area (Å²) in [6, 6.07) is 0. The molecular formula is C10H22O4. The Morgan fingerprint density at radius 2 is 1.57 bits per heavy atom. The number of methoxy groups -OCH3 is 1. The third kappa shape index (κ3) is 3.53. The van der Waals surface area contributed by atoms with Crippen LogP contribution in [-0.2, 0) is 4.74 Å². The average Bonchev–Trinajstić information content (AvgIpc) is 2.23. The molecule has 0 saturated heterocycles. The maximum Gasteiger partial charge on any atom is 0.0852 e. The molecule has 14 heavy (non-hydrogen) atoms. The molecule has 0 aromatic rings. The second kappa shape index (κ2) is 6.35. The molecule has 0 aliphatic heterocycles. The summed E-state index contributed by atoms with van der Waals surface area (Å²) in [5.41, 5.74) is 0. The quantitative estimate of drug-likeness (QED) is 0.572. The zero-order valence-corrected chi connectivity index (χ0v) is 9.34. The van der Waals surface area contributed by atoms with E-state index in [0.717, 1.165) is 0 Å². The second-order valence-electron chi connectivity index (χ2n) is 3.94. The van der Waals surface area contributed by atoms with Crippen LogP contribution in [0.4, 0.5) is 0 Å². The predicted octanol–water partition coefficient (Wildman–Crippen LogP) is 0.00760. The van der Waals surface area contributed by atoms with Crippen molar-refractivity contribution in [2.45, 2.75) is 39.1 Å². The third-order valence-electron chi connectivity index (χ3n) is 2.87. The number of hydrogen-bond donors (Lipinski definition) is 3. The topological polar surface area (TPSA) is 69.9 Å². The molecule has 0 aromatic carbocycles. The Labute approximate surface area is 85.5 Å². The lowest BCUT2D eigenvalue weighted by Gasteiger charge is -2.30. The summed E-state index contributed by atoms with van der Waals surface area (Å²) in [5.74, 6) is -0.486. The van der Waals surface area contributed by atoms with Crippen LogP contribution in [0.3, 0.4) is 0 Å². The van der Waals surface area contributed by atoms with Gasteiger partial charge < -0.3 is 20.1 Å². The molecule has 3 N–H and O–H groups in total. The van der Waals surface area contributed by atoms with Gasteiger partial charge in [-0.05, 0) is 6.92 Å². The van der Waals surface area contributed by atoms with Crippen LogP contribution >= 0.6 is 0 Å². The molecule has 0 radical (unpaired) electrons. The number of rotatable bonds is 6. The Kier molecular flexibility index (Phi) is 6.27. The molecule has 0 amide bonds. The maximum absolute atomic E-state index is 9.75. The van der Waals surface area contributed by atoms with Crippen LogP contribution in [0.2, 0.25) is 0 Å². The molecule has 5 unspecified atom stereocenters. The third-order valence-corrected chi connectivity index (χ3v) is 2.87. The lowest BCUT2D eigenvalue weighted by molar-refractivity contribution is -0.0817. The van der Waals surface area contributed by atoms with Gasteiger partial charge in [0.2, 0.25) is 0 Å². The van der Waals surface area contributed by atoms with Gasteiger partial charge in [-0.25, -0.2) is 0 Å². The van der Waals surface area contributed by atoms with E-state index in [4.69, 9.17) is 9.84 Å². The average molecular weight is 206 g/mol. The molecule has 0 aliphatic carbocycles. The molecule has 4 nitrogen and oxygen atoms in total. The minimum atomic E-state index is -0.910.